The topological polar surface area (TPSA) is 74.8 Å². The van der Waals surface area contributed by atoms with Gasteiger partial charge in [0.15, 0.2) is 0 Å². The first-order chi connectivity index (χ1) is 13.4. The van der Waals surface area contributed by atoms with E-state index in [-0.39, 0.29) is 31.1 Å². The Hall–Kier alpha value is -1.74. The summed E-state index contributed by atoms with van der Waals surface area (Å²) in [6.45, 7) is 9.90. The Morgan fingerprint density at radius 2 is 1.10 bits per heavy atom. The molecule has 0 radical (unpaired) electrons. The van der Waals surface area contributed by atoms with Crippen molar-refractivity contribution >= 4 is 20.0 Å². The number of nitrogens with zero attached hydrogens (tertiary/aromatic N) is 2. The second-order valence-corrected chi connectivity index (χ2v) is 11.6. The molecule has 0 aromatic heterocycles. The summed E-state index contributed by atoms with van der Waals surface area (Å²) in [4.78, 5) is 0.579. The van der Waals surface area contributed by atoms with Crippen molar-refractivity contribution < 1.29 is 16.8 Å². The molecule has 0 atom stereocenters. The van der Waals surface area contributed by atoms with Crippen molar-refractivity contribution in [2.24, 2.45) is 0 Å². The fraction of sp³-hybridized carbons (Fsp3) is 0.429. The Kier molecular flexibility index (Phi) is 5.93. The molecule has 0 amide bonds. The molecular weight excluding hydrogens is 408 g/mol. The fourth-order valence-electron chi connectivity index (χ4n) is 3.88. The van der Waals surface area contributed by atoms with Crippen LogP contribution in [0.3, 0.4) is 0 Å². The molecule has 29 heavy (non-hydrogen) atoms. The van der Waals surface area contributed by atoms with Gasteiger partial charge in [0.25, 0.3) is 0 Å². The predicted octanol–water partition coefficient (Wildman–Crippen LogP) is 2.92. The Bertz CT molecular complexity index is 1120. The Morgan fingerprint density at radius 1 is 0.621 bits per heavy atom. The number of aryl methyl sites for hydroxylation is 5. The highest BCUT2D eigenvalue weighted by Gasteiger charge is 2.35. The first kappa shape index (κ1) is 22.0. The average molecular weight is 437 g/mol. The first-order valence-electron chi connectivity index (χ1n) is 9.60. The zero-order valence-corrected chi connectivity index (χ0v) is 19.2. The summed E-state index contributed by atoms with van der Waals surface area (Å²) in [5.74, 6) is 0. The third-order valence-electron chi connectivity index (χ3n) is 5.52. The molecule has 0 saturated carbocycles. The van der Waals surface area contributed by atoms with E-state index in [4.69, 9.17) is 0 Å². The van der Waals surface area contributed by atoms with Gasteiger partial charge in [-0.25, -0.2) is 16.8 Å². The normalized spacial score (nSPS) is 16.9. The van der Waals surface area contributed by atoms with Crippen LogP contribution in [0.1, 0.15) is 27.8 Å². The molecule has 1 aliphatic heterocycles. The SMILES string of the molecule is Cc1cc(C)c(S(=O)(=O)N2CCN(S(=O)(=O)c3ccc(C)c(C)c3)CC2)c(C)c1. The molecule has 8 heteroatoms. The second-order valence-electron chi connectivity index (χ2n) is 7.78. The van der Waals surface area contributed by atoms with E-state index < -0.39 is 20.0 Å². The summed E-state index contributed by atoms with van der Waals surface area (Å²) >= 11 is 0. The maximum Gasteiger partial charge on any atom is 0.243 e. The molecule has 0 unspecified atom stereocenters. The van der Waals surface area contributed by atoms with Crippen molar-refractivity contribution in [3.05, 3.63) is 58.1 Å². The van der Waals surface area contributed by atoms with E-state index in [1.807, 2.05) is 32.9 Å². The van der Waals surface area contributed by atoms with Gasteiger partial charge in [-0.05, 0) is 69.0 Å². The van der Waals surface area contributed by atoms with E-state index >= 15 is 0 Å². The second kappa shape index (κ2) is 7.83. The maximum absolute atomic E-state index is 13.2. The van der Waals surface area contributed by atoms with Crippen LogP contribution in [0.2, 0.25) is 0 Å². The minimum absolute atomic E-state index is 0.137. The molecule has 0 bridgehead atoms. The summed E-state index contributed by atoms with van der Waals surface area (Å²) in [7, 11) is -7.32. The third-order valence-corrected chi connectivity index (χ3v) is 9.62. The van der Waals surface area contributed by atoms with E-state index in [2.05, 4.69) is 0 Å². The summed E-state index contributed by atoms with van der Waals surface area (Å²) in [5.41, 5.74) is 4.39. The van der Waals surface area contributed by atoms with E-state index in [1.165, 1.54) is 8.61 Å². The molecule has 0 spiro atoms. The summed E-state index contributed by atoms with van der Waals surface area (Å²) in [6.07, 6.45) is 0. The predicted molar refractivity (Wildman–Crippen MR) is 114 cm³/mol. The molecule has 6 nitrogen and oxygen atoms in total. The van der Waals surface area contributed by atoms with Gasteiger partial charge < -0.3 is 0 Å². The van der Waals surface area contributed by atoms with Gasteiger partial charge in [0.05, 0.1) is 9.79 Å². The standard InChI is InChI=1S/C21H28N2O4S2/c1-15-12-18(4)21(19(5)13-15)29(26,27)23-10-8-22(9-11-23)28(24,25)20-7-6-16(2)17(3)14-20/h6-7,12-14H,8-11H2,1-5H3. The molecule has 3 rings (SSSR count). The smallest absolute Gasteiger partial charge is 0.207 e. The largest absolute Gasteiger partial charge is 0.243 e. The number of hydrogen-bond donors (Lipinski definition) is 0. The molecule has 0 N–H and O–H groups in total. The Balaban J connectivity index is 1.82. The lowest BCUT2D eigenvalue weighted by Crippen LogP contribution is -2.50. The van der Waals surface area contributed by atoms with Crippen LogP contribution >= 0.6 is 0 Å². The highest BCUT2D eigenvalue weighted by Crippen LogP contribution is 2.27. The molecule has 1 saturated heterocycles. The van der Waals surface area contributed by atoms with E-state index in [1.54, 1.807) is 32.0 Å². The molecule has 158 valence electrons. The van der Waals surface area contributed by atoms with E-state index in [0.29, 0.717) is 16.0 Å². The Morgan fingerprint density at radius 3 is 1.59 bits per heavy atom. The van der Waals surface area contributed by atoms with Crippen molar-refractivity contribution in [3.63, 3.8) is 0 Å². The highest BCUT2D eigenvalue weighted by molar-refractivity contribution is 7.89. The van der Waals surface area contributed by atoms with Crippen LogP contribution in [0.5, 0.6) is 0 Å². The van der Waals surface area contributed by atoms with Crippen LogP contribution in [-0.2, 0) is 20.0 Å². The number of hydrogen-bond acceptors (Lipinski definition) is 4. The van der Waals surface area contributed by atoms with Crippen LogP contribution in [0, 0.1) is 34.6 Å². The number of benzene rings is 2. The summed E-state index contributed by atoms with van der Waals surface area (Å²) in [5, 5.41) is 0. The molecule has 2 aromatic carbocycles. The van der Waals surface area contributed by atoms with Gasteiger partial charge >= 0.3 is 0 Å². The summed E-state index contributed by atoms with van der Waals surface area (Å²) < 4.78 is 55.1. The molecular formula is C21H28N2O4S2. The third kappa shape index (κ3) is 4.12. The van der Waals surface area contributed by atoms with Crippen molar-refractivity contribution in [3.8, 4) is 0 Å². The molecule has 1 fully saturated rings. The van der Waals surface area contributed by atoms with Crippen molar-refractivity contribution in [1.82, 2.24) is 8.61 Å². The lowest BCUT2D eigenvalue weighted by atomic mass is 10.1. The van der Waals surface area contributed by atoms with Crippen LogP contribution in [-0.4, -0.2) is 51.6 Å². The zero-order chi connectivity index (χ0) is 21.6. The molecule has 1 heterocycles. The van der Waals surface area contributed by atoms with Crippen LogP contribution in [0.25, 0.3) is 0 Å². The number of sulfonamides is 2. The van der Waals surface area contributed by atoms with Crippen molar-refractivity contribution in [2.75, 3.05) is 26.2 Å². The first-order valence-corrected chi connectivity index (χ1v) is 12.5. The average Bonchev–Trinajstić information content (AvgIpc) is 2.63. The van der Waals surface area contributed by atoms with Crippen LogP contribution in [0.15, 0.2) is 40.1 Å². The van der Waals surface area contributed by atoms with Gasteiger partial charge in [-0.2, -0.15) is 8.61 Å². The van der Waals surface area contributed by atoms with Crippen LogP contribution < -0.4 is 0 Å². The molecule has 1 aliphatic rings. The molecule has 0 aliphatic carbocycles. The van der Waals surface area contributed by atoms with Gasteiger partial charge in [0, 0.05) is 26.2 Å². The number of piperazine rings is 1. The van der Waals surface area contributed by atoms with E-state index in [9.17, 15) is 16.8 Å². The van der Waals surface area contributed by atoms with Gasteiger partial charge in [-0.1, -0.05) is 23.8 Å². The quantitative estimate of drug-likeness (QED) is 0.739. The van der Waals surface area contributed by atoms with Gasteiger partial charge in [-0.15, -0.1) is 0 Å². The van der Waals surface area contributed by atoms with Gasteiger partial charge in [0.1, 0.15) is 0 Å². The van der Waals surface area contributed by atoms with Gasteiger partial charge in [0.2, 0.25) is 20.0 Å². The highest BCUT2D eigenvalue weighted by atomic mass is 32.2. The van der Waals surface area contributed by atoms with Crippen molar-refractivity contribution in [2.45, 2.75) is 44.4 Å². The van der Waals surface area contributed by atoms with Crippen molar-refractivity contribution in [1.29, 1.82) is 0 Å². The number of rotatable bonds is 4. The lowest BCUT2D eigenvalue weighted by Gasteiger charge is -2.34. The zero-order valence-electron chi connectivity index (χ0n) is 17.6. The fourth-order valence-corrected chi connectivity index (χ4v) is 7.22. The lowest BCUT2D eigenvalue weighted by molar-refractivity contribution is 0.272. The maximum atomic E-state index is 13.2. The van der Waals surface area contributed by atoms with Gasteiger partial charge in [-0.3, -0.25) is 0 Å². The molecule has 2 aromatic rings. The minimum Gasteiger partial charge on any atom is -0.207 e. The Labute approximate surface area is 174 Å². The monoisotopic (exact) mass is 436 g/mol. The summed E-state index contributed by atoms with van der Waals surface area (Å²) in [6, 6.07) is 8.80. The minimum atomic E-state index is -3.67. The van der Waals surface area contributed by atoms with Crippen LogP contribution in [0.4, 0.5) is 0 Å². The van der Waals surface area contributed by atoms with E-state index in [0.717, 1.165) is 16.7 Å².